The predicted molar refractivity (Wildman–Crippen MR) is 112 cm³/mol. The summed E-state index contributed by atoms with van der Waals surface area (Å²) in [6.07, 6.45) is 2.59. The van der Waals surface area contributed by atoms with Gasteiger partial charge in [-0.1, -0.05) is 11.6 Å². The van der Waals surface area contributed by atoms with Crippen LogP contribution in [0.25, 0.3) is 10.9 Å². The lowest BCUT2D eigenvalue weighted by atomic mass is 10.1. The molecule has 1 aromatic carbocycles. The Labute approximate surface area is 176 Å². The molecule has 0 radical (unpaired) electrons. The second-order valence-electron chi connectivity index (χ2n) is 7.89. The number of rotatable bonds is 8. The maximum absolute atomic E-state index is 13.1. The fourth-order valence-corrected chi connectivity index (χ4v) is 4.37. The minimum atomic E-state index is -0.398. The highest BCUT2D eigenvalue weighted by Gasteiger charge is 2.37. The van der Waals surface area contributed by atoms with Crippen LogP contribution in [0.2, 0.25) is 5.02 Å². The number of fused-ring (bicyclic) bond motifs is 1. The molecule has 1 aromatic heterocycles. The summed E-state index contributed by atoms with van der Waals surface area (Å²) in [5, 5.41) is 9.58. The first-order valence-corrected chi connectivity index (χ1v) is 10.7. The molecule has 1 aliphatic heterocycles. The largest absolute Gasteiger partial charge is 0.385 e. The van der Waals surface area contributed by atoms with Crippen molar-refractivity contribution in [1.29, 1.82) is 0 Å². The molecular formula is C21H29ClN4O3. The van der Waals surface area contributed by atoms with E-state index in [0.717, 1.165) is 54.5 Å². The van der Waals surface area contributed by atoms with E-state index in [4.69, 9.17) is 21.1 Å². The zero-order valence-corrected chi connectivity index (χ0v) is 17.9. The standard InChI is InChI=1S/C21H29ClN4O3/c1-14-20-17(22)10-15(11-18(20)26(24-14)7-3-8-28-2)13-25(16-4-5-16)21(27)19-12-23-6-9-29-19/h10-11,16,19,23H,3-9,12-13H2,1-2H3. The van der Waals surface area contributed by atoms with Gasteiger partial charge in [-0.25, -0.2) is 0 Å². The molecule has 1 atom stereocenters. The van der Waals surface area contributed by atoms with Crippen LogP contribution < -0.4 is 5.32 Å². The van der Waals surface area contributed by atoms with E-state index in [1.165, 1.54) is 0 Å². The number of halogens is 1. The van der Waals surface area contributed by atoms with Gasteiger partial charge in [0.2, 0.25) is 0 Å². The first kappa shape index (κ1) is 20.6. The number of methoxy groups -OCH3 is 1. The maximum atomic E-state index is 13.1. The Hall–Kier alpha value is -1.67. The lowest BCUT2D eigenvalue weighted by Gasteiger charge is -2.30. The van der Waals surface area contributed by atoms with Crippen LogP contribution in [0.15, 0.2) is 12.1 Å². The van der Waals surface area contributed by atoms with Crippen LogP contribution in [-0.2, 0) is 27.4 Å². The number of ether oxygens (including phenoxy) is 2. The van der Waals surface area contributed by atoms with E-state index < -0.39 is 6.10 Å². The summed E-state index contributed by atoms with van der Waals surface area (Å²) in [7, 11) is 1.70. The molecule has 1 unspecified atom stereocenters. The summed E-state index contributed by atoms with van der Waals surface area (Å²) < 4.78 is 12.9. The SMILES string of the molecule is COCCCn1nc(C)c2c(Cl)cc(CN(C(=O)C3CNCCO3)C3CC3)cc21. The third-order valence-electron chi connectivity index (χ3n) is 5.58. The van der Waals surface area contributed by atoms with Crippen LogP contribution in [0, 0.1) is 6.92 Å². The molecule has 0 spiro atoms. The van der Waals surface area contributed by atoms with Crippen LogP contribution in [0.1, 0.15) is 30.5 Å². The molecule has 1 saturated heterocycles. The zero-order valence-electron chi connectivity index (χ0n) is 17.1. The fourth-order valence-electron chi connectivity index (χ4n) is 3.99. The Balaban J connectivity index is 1.58. The summed E-state index contributed by atoms with van der Waals surface area (Å²) in [6.45, 7) is 5.93. The van der Waals surface area contributed by atoms with Gasteiger partial charge in [-0.15, -0.1) is 0 Å². The number of carbonyl (C=O) groups excluding carboxylic acids is 1. The van der Waals surface area contributed by atoms with Gasteiger partial charge in [-0.2, -0.15) is 5.10 Å². The van der Waals surface area contributed by atoms with Crippen molar-refractivity contribution in [2.75, 3.05) is 33.4 Å². The predicted octanol–water partition coefficient (Wildman–Crippen LogP) is 2.51. The Morgan fingerprint density at radius 2 is 2.28 bits per heavy atom. The molecule has 2 aromatic rings. The van der Waals surface area contributed by atoms with E-state index in [0.29, 0.717) is 37.4 Å². The molecule has 1 saturated carbocycles. The molecule has 29 heavy (non-hydrogen) atoms. The number of amides is 1. The highest BCUT2D eigenvalue weighted by atomic mass is 35.5. The number of benzene rings is 1. The van der Waals surface area contributed by atoms with Crippen molar-refractivity contribution < 1.29 is 14.3 Å². The van der Waals surface area contributed by atoms with Crippen molar-refractivity contribution in [3.8, 4) is 0 Å². The molecule has 2 heterocycles. The van der Waals surface area contributed by atoms with Gasteiger partial charge in [0.25, 0.3) is 5.91 Å². The van der Waals surface area contributed by atoms with Crippen LogP contribution in [0.5, 0.6) is 0 Å². The van der Waals surface area contributed by atoms with E-state index in [9.17, 15) is 4.79 Å². The van der Waals surface area contributed by atoms with Gasteiger partial charge in [-0.05, 0) is 43.9 Å². The van der Waals surface area contributed by atoms with Crippen LogP contribution in [-0.4, -0.2) is 66.1 Å². The van der Waals surface area contributed by atoms with Gasteiger partial charge in [0.1, 0.15) is 6.10 Å². The Morgan fingerprint density at radius 1 is 1.45 bits per heavy atom. The van der Waals surface area contributed by atoms with Crippen molar-refractivity contribution in [2.24, 2.45) is 0 Å². The van der Waals surface area contributed by atoms with Crippen molar-refractivity contribution in [3.63, 3.8) is 0 Å². The van der Waals surface area contributed by atoms with E-state index in [-0.39, 0.29) is 5.91 Å². The minimum Gasteiger partial charge on any atom is -0.385 e. The van der Waals surface area contributed by atoms with Crippen molar-refractivity contribution in [3.05, 3.63) is 28.4 Å². The Morgan fingerprint density at radius 3 is 2.97 bits per heavy atom. The first-order valence-electron chi connectivity index (χ1n) is 10.4. The van der Waals surface area contributed by atoms with E-state index in [1.807, 2.05) is 22.6 Å². The number of nitrogens with one attached hydrogen (secondary N) is 1. The lowest BCUT2D eigenvalue weighted by molar-refractivity contribution is -0.146. The molecule has 1 aliphatic carbocycles. The fraction of sp³-hybridized carbons (Fsp3) is 0.619. The Bertz CT molecular complexity index is 874. The second kappa shape index (κ2) is 9.00. The molecule has 1 N–H and O–H groups in total. The second-order valence-corrected chi connectivity index (χ2v) is 8.29. The molecule has 1 amide bonds. The number of hydrogen-bond acceptors (Lipinski definition) is 5. The molecular weight excluding hydrogens is 392 g/mol. The number of nitrogens with zero attached hydrogens (tertiary/aromatic N) is 3. The van der Waals surface area contributed by atoms with Crippen molar-refractivity contribution in [2.45, 2.75) is 51.4 Å². The van der Waals surface area contributed by atoms with Crippen LogP contribution in [0.3, 0.4) is 0 Å². The molecule has 8 heteroatoms. The summed E-state index contributed by atoms with van der Waals surface area (Å²) >= 11 is 6.63. The number of carbonyl (C=O) groups is 1. The lowest BCUT2D eigenvalue weighted by Crippen LogP contribution is -2.49. The van der Waals surface area contributed by atoms with Gasteiger partial charge in [0, 0.05) is 51.3 Å². The van der Waals surface area contributed by atoms with E-state index in [2.05, 4.69) is 16.5 Å². The molecule has 158 valence electrons. The molecule has 2 fully saturated rings. The summed E-state index contributed by atoms with van der Waals surface area (Å²) in [4.78, 5) is 15.0. The van der Waals surface area contributed by atoms with Gasteiger partial charge < -0.3 is 19.7 Å². The number of hydrogen-bond donors (Lipinski definition) is 1. The summed E-state index contributed by atoms with van der Waals surface area (Å²) in [6, 6.07) is 4.40. The molecule has 7 nitrogen and oxygen atoms in total. The van der Waals surface area contributed by atoms with Gasteiger partial charge in [-0.3, -0.25) is 9.48 Å². The number of aromatic nitrogens is 2. The third-order valence-corrected chi connectivity index (χ3v) is 5.88. The third kappa shape index (κ3) is 4.58. The normalized spacial score (nSPS) is 19.6. The smallest absolute Gasteiger partial charge is 0.253 e. The van der Waals surface area contributed by atoms with E-state index in [1.54, 1.807) is 7.11 Å². The topological polar surface area (TPSA) is 68.6 Å². The monoisotopic (exact) mass is 420 g/mol. The molecule has 4 rings (SSSR count). The van der Waals surface area contributed by atoms with Crippen molar-refractivity contribution in [1.82, 2.24) is 20.0 Å². The maximum Gasteiger partial charge on any atom is 0.253 e. The quantitative estimate of drug-likeness (QED) is 0.664. The molecule has 2 aliphatic rings. The number of aryl methyl sites for hydroxylation is 2. The highest BCUT2D eigenvalue weighted by Crippen LogP contribution is 2.33. The zero-order chi connectivity index (χ0) is 20.4. The Kier molecular flexibility index (Phi) is 6.39. The van der Waals surface area contributed by atoms with Gasteiger partial charge >= 0.3 is 0 Å². The van der Waals surface area contributed by atoms with Gasteiger partial charge in [0.15, 0.2) is 0 Å². The highest BCUT2D eigenvalue weighted by molar-refractivity contribution is 6.35. The molecule has 0 bridgehead atoms. The van der Waals surface area contributed by atoms with Crippen LogP contribution in [0.4, 0.5) is 0 Å². The van der Waals surface area contributed by atoms with E-state index >= 15 is 0 Å². The summed E-state index contributed by atoms with van der Waals surface area (Å²) in [5.74, 6) is 0.0701. The number of morpholine rings is 1. The van der Waals surface area contributed by atoms with Crippen LogP contribution >= 0.6 is 11.6 Å². The van der Waals surface area contributed by atoms with Crippen molar-refractivity contribution >= 4 is 28.4 Å². The summed E-state index contributed by atoms with van der Waals surface area (Å²) in [5.41, 5.74) is 2.96. The average Bonchev–Trinajstić information content (AvgIpc) is 3.51. The van der Waals surface area contributed by atoms with Gasteiger partial charge in [0.05, 0.1) is 22.8 Å². The minimum absolute atomic E-state index is 0.0701. The average molecular weight is 421 g/mol. The first-order chi connectivity index (χ1) is 14.1.